The fourth-order valence-corrected chi connectivity index (χ4v) is 2.38. The van der Waals surface area contributed by atoms with E-state index >= 15 is 0 Å². The average molecular weight is 352 g/mol. The Morgan fingerprint density at radius 2 is 1.76 bits per heavy atom. The normalized spacial score (nSPS) is 13.6. The molecular formula is C18H28N2O5. The number of alkyl carbamates (subject to hydrolysis) is 1. The molecule has 0 heterocycles. The Hall–Kier alpha value is -2.28. The van der Waals surface area contributed by atoms with Crippen molar-refractivity contribution in [1.82, 2.24) is 10.6 Å². The number of aliphatic hydroxyl groups excluding tert-OH is 1. The number of ether oxygens (including phenoxy) is 1. The molecule has 0 radical (unpaired) electrons. The van der Waals surface area contributed by atoms with Gasteiger partial charge in [0.1, 0.15) is 6.61 Å². The maximum Gasteiger partial charge on any atom is 0.407 e. The molecular weight excluding hydrogens is 324 g/mol. The van der Waals surface area contributed by atoms with Crippen LogP contribution in [0.4, 0.5) is 9.59 Å². The highest BCUT2D eigenvalue weighted by molar-refractivity contribution is 5.67. The van der Waals surface area contributed by atoms with Gasteiger partial charge in [0.15, 0.2) is 0 Å². The minimum Gasteiger partial charge on any atom is -0.465 e. The lowest BCUT2D eigenvalue weighted by Gasteiger charge is -2.32. The van der Waals surface area contributed by atoms with Crippen LogP contribution in [0.15, 0.2) is 30.3 Å². The number of benzene rings is 1. The van der Waals surface area contributed by atoms with Crippen molar-refractivity contribution in [1.29, 1.82) is 0 Å². The van der Waals surface area contributed by atoms with Crippen LogP contribution in [0.3, 0.4) is 0 Å². The van der Waals surface area contributed by atoms with Crippen molar-refractivity contribution in [2.75, 3.05) is 6.61 Å². The first-order chi connectivity index (χ1) is 11.7. The number of hydrogen-bond acceptors (Lipinski definition) is 4. The molecule has 0 fully saturated rings. The van der Waals surface area contributed by atoms with Crippen LogP contribution in [0.2, 0.25) is 0 Å². The molecule has 0 unspecified atom stereocenters. The second-order valence-corrected chi connectivity index (χ2v) is 7.03. The number of carbonyl (C=O) groups is 2. The van der Waals surface area contributed by atoms with Gasteiger partial charge in [-0.1, -0.05) is 51.1 Å². The molecule has 0 aliphatic rings. The van der Waals surface area contributed by atoms with Gasteiger partial charge >= 0.3 is 12.2 Å². The van der Waals surface area contributed by atoms with Crippen LogP contribution in [0.25, 0.3) is 0 Å². The van der Waals surface area contributed by atoms with Gasteiger partial charge in [-0.05, 0) is 23.8 Å². The summed E-state index contributed by atoms with van der Waals surface area (Å²) in [6.45, 7) is 5.83. The molecule has 1 rings (SSSR count). The van der Waals surface area contributed by atoms with Crippen LogP contribution in [0.1, 0.15) is 39.2 Å². The summed E-state index contributed by atoms with van der Waals surface area (Å²) in [7, 11) is 0. The first-order valence-electron chi connectivity index (χ1n) is 8.30. The van der Waals surface area contributed by atoms with Crippen molar-refractivity contribution in [3.05, 3.63) is 35.9 Å². The summed E-state index contributed by atoms with van der Waals surface area (Å²) in [5.74, 6) is 0. The minimum atomic E-state index is -1.18. The zero-order valence-electron chi connectivity index (χ0n) is 15.0. The molecule has 0 saturated heterocycles. The Balaban J connectivity index is 2.54. The quantitative estimate of drug-likeness (QED) is 0.575. The van der Waals surface area contributed by atoms with E-state index in [-0.39, 0.29) is 24.7 Å². The second kappa shape index (κ2) is 9.88. The van der Waals surface area contributed by atoms with Gasteiger partial charge in [0.05, 0.1) is 12.6 Å². The lowest BCUT2D eigenvalue weighted by molar-refractivity contribution is 0.122. The Bertz CT molecular complexity index is 542. The molecule has 2 amide bonds. The van der Waals surface area contributed by atoms with Crippen LogP contribution >= 0.6 is 0 Å². The number of carboxylic acid groups (broad SMARTS) is 1. The summed E-state index contributed by atoms with van der Waals surface area (Å²) in [5, 5.41) is 23.1. The number of aliphatic hydroxyl groups is 1. The Kier molecular flexibility index (Phi) is 8.21. The van der Waals surface area contributed by atoms with Crippen molar-refractivity contribution in [2.24, 2.45) is 5.41 Å². The molecule has 7 nitrogen and oxygen atoms in total. The van der Waals surface area contributed by atoms with Crippen LogP contribution < -0.4 is 10.6 Å². The summed E-state index contributed by atoms with van der Waals surface area (Å²) >= 11 is 0. The van der Waals surface area contributed by atoms with E-state index in [0.29, 0.717) is 12.8 Å². The predicted octanol–water partition coefficient (Wildman–Crippen LogP) is 2.74. The lowest BCUT2D eigenvalue weighted by Crippen LogP contribution is -2.45. The average Bonchev–Trinajstić information content (AvgIpc) is 2.55. The second-order valence-electron chi connectivity index (χ2n) is 7.03. The van der Waals surface area contributed by atoms with E-state index in [1.807, 2.05) is 51.1 Å². The molecule has 7 heteroatoms. The standard InChI is InChI=1S/C18H28N2O5/c1-18(2,3)15(10-9-14(11-21)19-16(22)23)20-17(24)25-12-13-7-5-4-6-8-13/h4-8,14-15,19,21H,9-12H2,1-3H3,(H,20,24)(H,22,23)/t14-,15-/m1/s1. The Morgan fingerprint density at radius 1 is 1.12 bits per heavy atom. The maximum atomic E-state index is 12.1. The third-order valence-electron chi connectivity index (χ3n) is 3.90. The summed E-state index contributed by atoms with van der Waals surface area (Å²) < 4.78 is 5.24. The number of amides is 2. The topological polar surface area (TPSA) is 108 Å². The van der Waals surface area contributed by atoms with Crippen LogP contribution in [0.5, 0.6) is 0 Å². The SMILES string of the molecule is CC(C)(C)[C@@H](CC[C@H](CO)NC(=O)O)NC(=O)OCc1ccccc1. The zero-order valence-corrected chi connectivity index (χ0v) is 15.0. The Labute approximate surface area is 148 Å². The van der Waals surface area contributed by atoms with Crippen molar-refractivity contribution >= 4 is 12.2 Å². The van der Waals surface area contributed by atoms with Crippen LogP contribution in [-0.2, 0) is 11.3 Å². The largest absolute Gasteiger partial charge is 0.465 e. The first-order valence-corrected chi connectivity index (χ1v) is 8.30. The predicted molar refractivity (Wildman–Crippen MR) is 94.3 cm³/mol. The Morgan fingerprint density at radius 3 is 2.28 bits per heavy atom. The monoisotopic (exact) mass is 352 g/mol. The number of carbonyl (C=O) groups excluding carboxylic acids is 1. The molecule has 2 atom stereocenters. The van der Waals surface area contributed by atoms with Crippen molar-refractivity contribution in [3.8, 4) is 0 Å². The van der Waals surface area contributed by atoms with Gasteiger partial charge in [-0.25, -0.2) is 9.59 Å². The molecule has 0 spiro atoms. The van der Waals surface area contributed by atoms with Crippen LogP contribution in [0, 0.1) is 5.41 Å². The van der Waals surface area contributed by atoms with E-state index in [2.05, 4.69) is 10.6 Å². The van der Waals surface area contributed by atoms with E-state index in [4.69, 9.17) is 9.84 Å². The fourth-order valence-electron chi connectivity index (χ4n) is 2.38. The van der Waals surface area contributed by atoms with Crippen molar-refractivity contribution in [2.45, 2.75) is 52.3 Å². The highest BCUT2D eigenvalue weighted by atomic mass is 16.5. The van der Waals surface area contributed by atoms with E-state index in [1.54, 1.807) is 0 Å². The summed E-state index contributed by atoms with van der Waals surface area (Å²) in [6, 6.07) is 8.60. The highest BCUT2D eigenvalue weighted by Crippen LogP contribution is 2.23. The summed E-state index contributed by atoms with van der Waals surface area (Å²) in [6.07, 6.45) is -0.781. The maximum absolute atomic E-state index is 12.1. The van der Waals surface area contributed by atoms with E-state index in [0.717, 1.165) is 5.56 Å². The summed E-state index contributed by atoms with van der Waals surface area (Å²) in [4.78, 5) is 22.8. The molecule has 0 bridgehead atoms. The summed E-state index contributed by atoms with van der Waals surface area (Å²) in [5.41, 5.74) is 0.658. The van der Waals surface area contributed by atoms with Gasteiger partial charge in [-0.3, -0.25) is 0 Å². The lowest BCUT2D eigenvalue weighted by atomic mass is 9.83. The number of nitrogens with one attached hydrogen (secondary N) is 2. The molecule has 4 N–H and O–H groups in total. The minimum absolute atomic E-state index is 0.184. The van der Waals surface area contributed by atoms with Gasteiger partial charge in [0.25, 0.3) is 0 Å². The van der Waals surface area contributed by atoms with E-state index < -0.39 is 18.2 Å². The zero-order chi connectivity index (χ0) is 18.9. The van der Waals surface area contributed by atoms with Gasteiger partial charge in [-0.15, -0.1) is 0 Å². The van der Waals surface area contributed by atoms with Gasteiger partial charge in [0, 0.05) is 6.04 Å². The van der Waals surface area contributed by atoms with Crippen molar-refractivity contribution < 1.29 is 24.5 Å². The van der Waals surface area contributed by atoms with E-state index in [9.17, 15) is 14.7 Å². The fraction of sp³-hybridized carbons (Fsp3) is 0.556. The van der Waals surface area contributed by atoms with Gasteiger partial charge in [0.2, 0.25) is 0 Å². The molecule has 0 aromatic heterocycles. The molecule has 1 aromatic rings. The first kappa shape index (κ1) is 20.8. The number of rotatable bonds is 8. The number of hydrogen-bond donors (Lipinski definition) is 4. The van der Waals surface area contributed by atoms with Gasteiger partial charge in [-0.2, -0.15) is 0 Å². The van der Waals surface area contributed by atoms with Gasteiger partial charge < -0.3 is 25.6 Å². The van der Waals surface area contributed by atoms with Crippen LogP contribution in [-0.4, -0.2) is 41.1 Å². The van der Waals surface area contributed by atoms with E-state index in [1.165, 1.54) is 0 Å². The molecule has 140 valence electrons. The smallest absolute Gasteiger partial charge is 0.407 e. The third-order valence-corrected chi connectivity index (χ3v) is 3.90. The molecule has 0 aliphatic carbocycles. The molecule has 25 heavy (non-hydrogen) atoms. The molecule has 1 aromatic carbocycles. The molecule has 0 saturated carbocycles. The third kappa shape index (κ3) is 8.39. The van der Waals surface area contributed by atoms with Crippen molar-refractivity contribution in [3.63, 3.8) is 0 Å². The highest BCUT2D eigenvalue weighted by Gasteiger charge is 2.27. The molecule has 0 aliphatic heterocycles.